The second-order valence-electron chi connectivity index (χ2n) is 6.00. The van der Waals surface area contributed by atoms with Crippen molar-refractivity contribution in [2.45, 2.75) is 38.5 Å². The molecule has 3 aliphatic rings. The standard InChI is InChI=1S/C13H19NO3/c15-11(10(8-1-2-8)9-3-4-9)14-7-13(5-6-13)12(16)17/h8-10H,1-7H2,(H,14,15)(H,16,17). The molecule has 4 heteroatoms. The van der Waals surface area contributed by atoms with Crippen LogP contribution in [0, 0.1) is 23.2 Å². The van der Waals surface area contributed by atoms with Gasteiger partial charge in [-0.15, -0.1) is 0 Å². The normalized spacial score (nSPS) is 25.7. The quantitative estimate of drug-likeness (QED) is 0.734. The van der Waals surface area contributed by atoms with Crippen LogP contribution in [-0.4, -0.2) is 23.5 Å². The second-order valence-corrected chi connectivity index (χ2v) is 6.00. The van der Waals surface area contributed by atoms with Crippen LogP contribution in [0.1, 0.15) is 38.5 Å². The fourth-order valence-corrected chi connectivity index (χ4v) is 2.72. The van der Waals surface area contributed by atoms with E-state index in [-0.39, 0.29) is 11.8 Å². The molecule has 0 radical (unpaired) electrons. The molecule has 0 heterocycles. The van der Waals surface area contributed by atoms with Crippen molar-refractivity contribution < 1.29 is 14.7 Å². The molecule has 0 aromatic heterocycles. The number of carbonyl (C=O) groups excluding carboxylic acids is 1. The molecule has 94 valence electrons. The maximum atomic E-state index is 12.1. The first-order valence-corrected chi connectivity index (χ1v) is 6.63. The summed E-state index contributed by atoms with van der Waals surface area (Å²) in [6, 6.07) is 0. The van der Waals surface area contributed by atoms with Crippen molar-refractivity contribution in [1.29, 1.82) is 0 Å². The average Bonchev–Trinajstić information content (AvgIpc) is 3.13. The summed E-state index contributed by atoms with van der Waals surface area (Å²) in [6.07, 6.45) is 6.13. The molecule has 0 aliphatic heterocycles. The number of hydrogen-bond acceptors (Lipinski definition) is 2. The van der Waals surface area contributed by atoms with Crippen molar-refractivity contribution in [1.82, 2.24) is 5.32 Å². The summed E-state index contributed by atoms with van der Waals surface area (Å²) < 4.78 is 0. The number of amides is 1. The summed E-state index contributed by atoms with van der Waals surface area (Å²) in [5.41, 5.74) is -0.632. The Morgan fingerprint density at radius 1 is 1.18 bits per heavy atom. The summed E-state index contributed by atoms with van der Waals surface area (Å²) in [5.74, 6) is 0.708. The third kappa shape index (κ3) is 2.17. The zero-order valence-corrected chi connectivity index (χ0v) is 9.95. The van der Waals surface area contributed by atoms with E-state index in [1.165, 1.54) is 25.7 Å². The molecule has 17 heavy (non-hydrogen) atoms. The van der Waals surface area contributed by atoms with Crippen LogP contribution in [0.3, 0.4) is 0 Å². The summed E-state index contributed by atoms with van der Waals surface area (Å²) in [4.78, 5) is 23.1. The first kappa shape index (κ1) is 11.1. The van der Waals surface area contributed by atoms with Gasteiger partial charge in [-0.25, -0.2) is 0 Å². The van der Waals surface area contributed by atoms with E-state index in [9.17, 15) is 9.59 Å². The fraction of sp³-hybridized carbons (Fsp3) is 0.846. The Morgan fingerprint density at radius 3 is 2.06 bits per heavy atom. The van der Waals surface area contributed by atoms with Gasteiger partial charge in [-0.05, 0) is 50.4 Å². The number of carboxylic acids is 1. The largest absolute Gasteiger partial charge is 0.481 e. The number of hydrogen-bond donors (Lipinski definition) is 2. The lowest BCUT2D eigenvalue weighted by Gasteiger charge is -2.17. The molecule has 0 aromatic carbocycles. The number of nitrogens with one attached hydrogen (secondary N) is 1. The Morgan fingerprint density at radius 2 is 1.71 bits per heavy atom. The fourth-order valence-electron chi connectivity index (χ4n) is 2.72. The molecule has 0 saturated heterocycles. The number of carboxylic acid groups (broad SMARTS) is 1. The Hall–Kier alpha value is -1.06. The molecular formula is C13H19NO3. The van der Waals surface area contributed by atoms with Crippen molar-refractivity contribution in [3.05, 3.63) is 0 Å². The molecule has 3 rings (SSSR count). The number of aliphatic carboxylic acids is 1. The number of rotatable bonds is 6. The maximum Gasteiger partial charge on any atom is 0.311 e. The SMILES string of the molecule is O=C(NCC1(C(=O)O)CC1)C(C1CC1)C1CC1. The van der Waals surface area contributed by atoms with Gasteiger partial charge in [-0.3, -0.25) is 9.59 Å². The van der Waals surface area contributed by atoms with Gasteiger partial charge in [-0.2, -0.15) is 0 Å². The first-order valence-electron chi connectivity index (χ1n) is 6.63. The third-order valence-electron chi connectivity index (χ3n) is 4.47. The highest BCUT2D eigenvalue weighted by atomic mass is 16.4. The van der Waals surface area contributed by atoms with Gasteiger partial charge in [0.25, 0.3) is 0 Å². The molecule has 0 atom stereocenters. The molecule has 4 nitrogen and oxygen atoms in total. The molecule has 3 fully saturated rings. The minimum atomic E-state index is -0.757. The Balaban J connectivity index is 1.54. The lowest BCUT2D eigenvalue weighted by molar-refractivity contribution is -0.143. The van der Waals surface area contributed by atoms with Crippen molar-refractivity contribution in [2.24, 2.45) is 23.2 Å². The van der Waals surface area contributed by atoms with Gasteiger partial charge in [0.05, 0.1) is 5.41 Å². The molecule has 0 unspecified atom stereocenters. The minimum Gasteiger partial charge on any atom is -0.481 e. The Bertz CT molecular complexity index is 342. The van der Waals surface area contributed by atoms with Crippen molar-refractivity contribution >= 4 is 11.9 Å². The lowest BCUT2D eigenvalue weighted by atomic mass is 9.96. The van der Waals surface area contributed by atoms with Gasteiger partial charge in [0, 0.05) is 12.5 Å². The average molecular weight is 237 g/mol. The molecule has 2 N–H and O–H groups in total. The second kappa shape index (κ2) is 3.72. The van der Waals surface area contributed by atoms with Crippen LogP contribution < -0.4 is 5.32 Å². The summed E-state index contributed by atoms with van der Waals surface area (Å²) in [5, 5.41) is 11.9. The maximum absolute atomic E-state index is 12.1. The van der Waals surface area contributed by atoms with E-state index in [1.807, 2.05) is 0 Å². The molecule has 0 aromatic rings. The van der Waals surface area contributed by atoms with E-state index in [4.69, 9.17) is 5.11 Å². The highest BCUT2D eigenvalue weighted by Gasteiger charge is 2.51. The smallest absolute Gasteiger partial charge is 0.311 e. The van der Waals surface area contributed by atoms with E-state index in [0.717, 1.165) is 0 Å². The highest BCUT2D eigenvalue weighted by molar-refractivity contribution is 5.82. The Labute approximate surface area is 101 Å². The first-order chi connectivity index (χ1) is 8.12. The van der Waals surface area contributed by atoms with Crippen LogP contribution in [-0.2, 0) is 9.59 Å². The van der Waals surface area contributed by atoms with Gasteiger partial charge in [-0.1, -0.05) is 0 Å². The van der Waals surface area contributed by atoms with Crippen LogP contribution in [0.4, 0.5) is 0 Å². The monoisotopic (exact) mass is 237 g/mol. The zero-order valence-electron chi connectivity index (χ0n) is 9.95. The molecule has 1 amide bonds. The van der Waals surface area contributed by atoms with Crippen LogP contribution in [0.5, 0.6) is 0 Å². The van der Waals surface area contributed by atoms with Crippen LogP contribution >= 0.6 is 0 Å². The van der Waals surface area contributed by atoms with E-state index in [1.54, 1.807) is 0 Å². The van der Waals surface area contributed by atoms with E-state index in [2.05, 4.69) is 5.32 Å². The summed E-state index contributed by atoms with van der Waals surface area (Å²) in [6.45, 7) is 0.330. The third-order valence-corrected chi connectivity index (χ3v) is 4.47. The zero-order chi connectivity index (χ0) is 12.0. The highest BCUT2D eigenvalue weighted by Crippen LogP contribution is 2.50. The van der Waals surface area contributed by atoms with Crippen molar-refractivity contribution in [3.8, 4) is 0 Å². The van der Waals surface area contributed by atoms with Crippen molar-refractivity contribution in [2.75, 3.05) is 6.54 Å². The van der Waals surface area contributed by atoms with Gasteiger partial charge in [0.1, 0.15) is 0 Å². The topological polar surface area (TPSA) is 66.4 Å². The minimum absolute atomic E-state index is 0.113. The molecule has 3 saturated carbocycles. The number of carbonyl (C=O) groups is 2. The van der Waals surface area contributed by atoms with E-state index < -0.39 is 11.4 Å². The molecule has 3 aliphatic carbocycles. The predicted molar refractivity (Wildman–Crippen MR) is 61.3 cm³/mol. The molecule has 0 bridgehead atoms. The predicted octanol–water partition coefficient (Wildman–Crippen LogP) is 1.40. The van der Waals surface area contributed by atoms with Gasteiger partial charge < -0.3 is 10.4 Å². The Kier molecular flexibility index (Phi) is 2.42. The van der Waals surface area contributed by atoms with E-state index in [0.29, 0.717) is 31.2 Å². The summed E-state index contributed by atoms with van der Waals surface area (Å²) in [7, 11) is 0. The lowest BCUT2D eigenvalue weighted by Crippen LogP contribution is -2.39. The van der Waals surface area contributed by atoms with Crippen LogP contribution in [0.15, 0.2) is 0 Å². The summed E-state index contributed by atoms with van der Waals surface area (Å²) >= 11 is 0. The van der Waals surface area contributed by atoms with Crippen LogP contribution in [0.2, 0.25) is 0 Å². The van der Waals surface area contributed by atoms with E-state index >= 15 is 0 Å². The van der Waals surface area contributed by atoms with Gasteiger partial charge >= 0.3 is 5.97 Å². The molecule has 0 spiro atoms. The van der Waals surface area contributed by atoms with Gasteiger partial charge in [0.15, 0.2) is 0 Å². The molecular weight excluding hydrogens is 218 g/mol. The van der Waals surface area contributed by atoms with Gasteiger partial charge in [0.2, 0.25) is 5.91 Å². The van der Waals surface area contributed by atoms with Crippen LogP contribution in [0.25, 0.3) is 0 Å². The van der Waals surface area contributed by atoms with Crippen molar-refractivity contribution in [3.63, 3.8) is 0 Å².